The predicted molar refractivity (Wildman–Crippen MR) is 135 cm³/mol. The quantitative estimate of drug-likeness (QED) is 0.574. The summed E-state index contributed by atoms with van der Waals surface area (Å²) in [6.07, 6.45) is -0.0534. The summed E-state index contributed by atoms with van der Waals surface area (Å²) in [5.74, 6) is 0.118. The summed E-state index contributed by atoms with van der Waals surface area (Å²) in [6, 6.07) is 2.73. The number of ether oxygens (including phenoxy) is 2. The molecule has 0 radical (unpaired) electrons. The smallest absolute Gasteiger partial charge is 0.388 e. The molecule has 2 N–H and O–H groups in total. The van der Waals surface area contributed by atoms with Crippen LogP contribution in [0.4, 0.5) is 18.9 Å². The number of pyridine rings is 1. The van der Waals surface area contributed by atoms with Crippen LogP contribution in [-0.4, -0.2) is 89.7 Å². The SMILES string of the molecule is CO[C@@H]1COCC[C@@]1(N[C@@H]1CC[C@](C)(C(=O)N2C[C@H]3C[C@H]2CN3c2ccnc(C(F)(F)F)c2)C1)C(C)(C)O. The van der Waals surface area contributed by atoms with Crippen molar-refractivity contribution in [2.24, 2.45) is 5.41 Å². The van der Waals surface area contributed by atoms with Crippen molar-refractivity contribution in [2.45, 2.75) is 94.4 Å². The number of aromatic nitrogens is 1. The minimum Gasteiger partial charge on any atom is -0.388 e. The van der Waals surface area contributed by atoms with E-state index in [1.54, 1.807) is 27.0 Å². The molecular formula is C27H39F3N4O4. The van der Waals surface area contributed by atoms with Crippen LogP contribution in [0, 0.1) is 5.41 Å². The molecule has 0 aromatic carbocycles. The van der Waals surface area contributed by atoms with Crippen molar-refractivity contribution in [2.75, 3.05) is 38.3 Å². The molecule has 5 rings (SSSR count). The van der Waals surface area contributed by atoms with Gasteiger partial charge in [-0.2, -0.15) is 13.2 Å². The molecule has 3 saturated heterocycles. The molecule has 3 aliphatic heterocycles. The van der Waals surface area contributed by atoms with Gasteiger partial charge in [-0.15, -0.1) is 0 Å². The maximum Gasteiger partial charge on any atom is 0.433 e. The molecule has 1 amide bonds. The third-order valence-corrected chi connectivity index (χ3v) is 9.42. The Morgan fingerprint density at radius 1 is 1.26 bits per heavy atom. The highest BCUT2D eigenvalue weighted by molar-refractivity contribution is 5.84. The number of piperazine rings is 1. The lowest BCUT2D eigenvalue weighted by molar-refractivity contribution is -0.162. The number of anilines is 1. The number of halogens is 3. The average molecular weight is 541 g/mol. The van der Waals surface area contributed by atoms with E-state index in [0.29, 0.717) is 44.8 Å². The van der Waals surface area contributed by atoms with Gasteiger partial charge in [-0.25, -0.2) is 0 Å². The predicted octanol–water partition coefficient (Wildman–Crippen LogP) is 2.98. The summed E-state index contributed by atoms with van der Waals surface area (Å²) >= 11 is 0. The highest BCUT2D eigenvalue weighted by atomic mass is 19.4. The molecule has 0 unspecified atom stereocenters. The van der Waals surface area contributed by atoms with Crippen LogP contribution in [0.25, 0.3) is 0 Å². The maximum absolute atomic E-state index is 13.8. The van der Waals surface area contributed by atoms with Crippen LogP contribution in [0.3, 0.4) is 0 Å². The van der Waals surface area contributed by atoms with Crippen molar-refractivity contribution in [3.05, 3.63) is 24.0 Å². The number of nitrogens with one attached hydrogen (secondary N) is 1. The van der Waals surface area contributed by atoms with Gasteiger partial charge < -0.3 is 29.7 Å². The van der Waals surface area contributed by atoms with E-state index in [-0.39, 0.29) is 30.1 Å². The Hall–Kier alpha value is -1.95. The Morgan fingerprint density at radius 3 is 2.66 bits per heavy atom. The first-order chi connectivity index (χ1) is 17.8. The van der Waals surface area contributed by atoms with E-state index < -0.39 is 28.4 Å². The number of fused-ring (bicyclic) bond motifs is 2. The second kappa shape index (κ2) is 9.60. The first-order valence-electron chi connectivity index (χ1n) is 13.5. The van der Waals surface area contributed by atoms with Crippen LogP contribution in [0.2, 0.25) is 0 Å². The van der Waals surface area contributed by atoms with Gasteiger partial charge >= 0.3 is 6.18 Å². The molecule has 0 spiro atoms. The normalized spacial score (nSPS) is 35.8. The van der Waals surface area contributed by atoms with E-state index in [2.05, 4.69) is 10.3 Å². The summed E-state index contributed by atoms with van der Waals surface area (Å²) in [7, 11) is 1.63. The Bertz CT molecular complexity index is 1050. The topological polar surface area (TPSA) is 87.2 Å². The van der Waals surface area contributed by atoms with E-state index in [1.165, 1.54) is 6.20 Å². The van der Waals surface area contributed by atoms with E-state index in [9.17, 15) is 23.1 Å². The van der Waals surface area contributed by atoms with Gasteiger partial charge in [-0.3, -0.25) is 9.78 Å². The fourth-order valence-electron chi connectivity index (χ4n) is 7.29. The number of aliphatic hydroxyl groups is 1. The lowest BCUT2D eigenvalue weighted by Gasteiger charge is -2.52. The van der Waals surface area contributed by atoms with Gasteiger partial charge in [0.1, 0.15) is 11.8 Å². The van der Waals surface area contributed by atoms with Gasteiger partial charge in [-0.1, -0.05) is 6.92 Å². The van der Waals surface area contributed by atoms with E-state index in [0.717, 1.165) is 25.3 Å². The zero-order chi connectivity index (χ0) is 27.5. The number of hydrogen-bond acceptors (Lipinski definition) is 7. The zero-order valence-corrected chi connectivity index (χ0v) is 22.6. The molecule has 8 nitrogen and oxygen atoms in total. The van der Waals surface area contributed by atoms with Crippen LogP contribution in [0.15, 0.2) is 18.3 Å². The minimum atomic E-state index is -4.49. The number of methoxy groups -OCH3 is 1. The highest BCUT2D eigenvalue weighted by Gasteiger charge is 2.56. The first-order valence-corrected chi connectivity index (χ1v) is 13.5. The molecule has 11 heteroatoms. The van der Waals surface area contributed by atoms with Crippen molar-refractivity contribution in [3.63, 3.8) is 0 Å². The molecule has 212 valence electrons. The van der Waals surface area contributed by atoms with Gasteiger partial charge in [0.05, 0.1) is 23.8 Å². The number of alkyl halides is 3. The maximum atomic E-state index is 13.8. The molecule has 6 atom stereocenters. The Labute approximate surface area is 221 Å². The van der Waals surface area contributed by atoms with E-state index in [1.807, 2.05) is 16.7 Å². The molecule has 4 heterocycles. The molecular weight excluding hydrogens is 501 g/mol. The fourth-order valence-corrected chi connectivity index (χ4v) is 7.29. The second-order valence-corrected chi connectivity index (χ2v) is 12.3. The summed E-state index contributed by atoms with van der Waals surface area (Å²) in [6.45, 7) is 7.56. The van der Waals surface area contributed by atoms with E-state index in [4.69, 9.17) is 9.47 Å². The molecule has 1 aromatic rings. The van der Waals surface area contributed by atoms with Crippen molar-refractivity contribution in [1.82, 2.24) is 15.2 Å². The summed E-state index contributed by atoms with van der Waals surface area (Å²) < 4.78 is 50.9. The Balaban J connectivity index is 1.25. The first kappa shape index (κ1) is 27.6. The van der Waals surface area contributed by atoms with Crippen LogP contribution < -0.4 is 10.2 Å². The van der Waals surface area contributed by atoms with Gasteiger partial charge in [0, 0.05) is 56.2 Å². The fraction of sp³-hybridized carbons (Fsp3) is 0.778. The lowest BCUT2D eigenvalue weighted by Crippen LogP contribution is -2.72. The zero-order valence-electron chi connectivity index (χ0n) is 22.6. The molecule has 2 bridgehead atoms. The van der Waals surface area contributed by atoms with Crippen LogP contribution >= 0.6 is 0 Å². The standard InChI is InChI=1S/C27H39F3N4O4/c1-24(2,36)26(8-10-38-16-22(26)37-4)32-17-5-7-25(3,13-17)23(35)34-15-19-11-20(34)14-33(19)18-6-9-31-21(12-18)27(28,29)30/h6,9,12,17,19-20,22,32,36H,5,7-8,10-11,13-16H2,1-4H3/t17-,19-,20+,22-,25+,26+/m1/s1. The number of likely N-dealkylation sites (tertiary alicyclic amines) is 1. The number of rotatable bonds is 6. The largest absolute Gasteiger partial charge is 0.433 e. The monoisotopic (exact) mass is 540 g/mol. The highest BCUT2D eigenvalue weighted by Crippen LogP contribution is 2.45. The summed E-state index contributed by atoms with van der Waals surface area (Å²) in [4.78, 5) is 21.3. The summed E-state index contributed by atoms with van der Waals surface area (Å²) in [5, 5.41) is 14.9. The number of amides is 1. The van der Waals surface area contributed by atoms with Crippen LogP contribution in [-0.2, 0) is 20.4 Å². The third kappa shape index (κ3) is 4.69. The molecule has 4 fully saturated rings. The average Bonchev–Trinajstić information content (AvgIpc) is 3.57. The van der Waals surface area contributed by atoms with Crippen molar-refractivity contribution < 1.29 is 32.5 Å². The van der Waals surface area contributed by atoms with Crippen molar-refractivity contribution in [3.8, 4) is 0 Å². The number of hydrogen-bond donors (Lipinski definition) is 2. The third-order valence-electron chi connectivity index (χ3n) is 9.42. The Kier molecular flexibility index (Phi) is 6.98. The van der Waals surface area contributed by atoms with Gasteiger partial charge in [0.2, 0.25) is 5.91 Å². The Morgan fingerprint density at radius 2 is 2.03 bits per heavy atom. The van der Waals surface area contributed by atoms with Crippen LogP contribution in [0.1, 0.15) is 58.6 Å². The molecule has 1 aliphatic carbocycles. The van der Waals surface area contributed by atoms with Gasteiger partial charge in [0.25, 0.3) is 0 Å². The minimum absolute atomic E-state index is 0.00508. The van der Waals surface area contributed by atoms with Gasteiger partial charge in [-0.05, 0) is 58.1 Å². The van der Waals surface area contributed by atoms with E-state index >= 15 is 0 Å². The van der Waals surface area contributed by atoms with Crippen molar-refractivity contribution in [1.29, 1.82) is 0 Å². The second-order valence-electron chi connectivity index (χ2n) is 12.3. The lowest BCUT2D eigenvalue weighted by atomic mass is 9.73. The molecule has 1 saturated carbocycles. The number of carbonyl (C=O) groups is 1. The van der Waals surface area contributed by atoms with Gasteiger partial charge in [0.15, 0.2) is 0 Å². The number of carbonyl (C=O) groups excluding carboxylic acids is 1. The molecule has 1 aromatic heterocycles. The van der Waals surface area contributed by atoms with Crippen molar-refractivity contribution >= 4 is 11.6 Å². The summed E-state index contributed by atoms with van der Waals surface area (Å²) in [5.41, 5.74) is -2.68. The number of nitrogens with zero attached hydrogens (tertiary/aromatic N) is 3. The van der Waals surface area contributed by atoms with Crippen LogP contribution in [0.5, 0.6) is 0 Å². The molecule has 4 aliphatic rings. The molecule has 38 heavy (non-hydrogen) atoms.